The van der Waals surface area contributed by atoms with E-state index in [0.29, 0.717) is 55.6 Å². The van der Waals surface area contributed by atoms with Gasteiger partial charge in [-0.1, -0.05) is 29.8 Å². The van der Waals surface area contributed by atoms with Crippen molar-refractivity contribution in [2.75, 3.05) is 20.1 Å². The van der Waals surface area contributed by atoms with Crippen molar-refractivity contribution in [3.8, 4) is 11.5 Å². The Balaban J connectivity index is 1.26. The molecule has 3 fully saturated rings. The van der Waals surface area contributed by atoms with Crippen LogP contribution in [-0.4, -0.2) is 74.8 Å². The Kier molecular flexibility index (Phi) is 5.74. The summed E-state index contributed by atoms with van der Waals surface area (Å²) in [5.41, 5.74) is 1.27. The number of nitro groups is 1. The third kappa shape index (κ3) is 3.56. The normalized spacial score (nSPS) is 31.8. The molecular formula is C31H37N3O6. The van der Waals surface area contributed by atoms with Crippen LogP contribution in [0.5, 0.6) is 11.5 Å². The molecule has 9 nitrogen and oxygen atoms in total. The van der Waals surface area contributed by atoms with Crippen LogP contribution in [0.3, 0.4) is 0 Å². The maximum Gasteiger partial charge on any atom is 0.276 e. The summed E-state index contributed by atoms with van der Waals surface area (Å²) in [4.78, 5) is 29.4. The van der Waals surface area contributed by atoms with E-state index in [9.17, 15) is 25.1 Å². The third-order valence-electron chi connectivity index (χ3n) is 10.6. The summed E-state index contributed by atoms with van der Waals surface area (Å²) in [6, 6.07) is 8.79. The van der Waals surface area contributed by atoms with Gasteiger partial charge >= 0.3 is 0 Å². The SMILES string of the molecule is Cc1cccc(CCC(=O)N(C)C2CC[C@@]3(O)[C@H]4Cc5c([N+](=O)[O-])cc(O)c6c5[C@@]3(CCN4CC3CC3)C2O6)c1. The zero-order valence-electron chi connectivity index (χ0n) is 23.1. The lowest BCUT2D eigenvalue weighted by atomic mass is 9.48. The van der Waals surface area contributed by atoms with Crippen LogP contribution in [-0.2, 0) is 23.1 Å². The van der Waals surface area contributed by atoms with E-state index in [0.717, 1.165) is 24.2 Å². The number of hydrogen-bond donors (Lipinski definition) is 2. The van der Waals surface area contributed by atoms with Crippen LogP contribution in [0.2, 0.25) is 0 Å². The minimum absolute atomic E-state index is 0.00172. The minimum atomic E-state index is -1.16. The molecule has 212 valence electrons. The number of carbonyl (C=O) groups excluding carboxylic acids is 1. The molecule has 2 heterocycles. The van der Waals surface area contributed by atoms with E-state index in [4.69, 9.17) is 4.74 Å². The molecule has 2 aromatic carbocycles. The van der Waals surface area contributed by atoms with E-state index < -0.39 is 22.0 Å². The number of phenols is 1. The highest BCUT2D eigenvalue weighted by Gasteiger charge is 2.74. The number of aliphatic hydroxyl groups is 1. The summed E-state index contributed by atoms with van der Waals surface area (Å²) in [6.45, 7) is 3.68. The molecule has 1 spiro atoms. The first-order chi connectivity index (χ1) is 19.1. The average molecular weight is 548 g/mol. The van der Waals surface area contributed by atoms with Gasteiger partial charge in [0, 0.05) is 37.2 Å². The first kappa shape index (κ1) is 25.8. The monoisotopic (exact) mass is 547 g/mol. The van der Waals surface area contributed by atoms with Gasteiger partial charge in [0.2, 0.25) is 5.91 Å². The largest absolute Gasteiger partial charge is 0.504 e. The second kappa shape index (κ2) is 8.91. The molecule has 1 amide bonds. The Bertz CT molecular complexity index is 1410. The lowest BCUT2D eigenvalue weighted by Gasteiger charge is -2.64. The zero-order chi connectivity index (χ0) is 28.0. The molecule has 2 aliphatic heterocycles. The Morgan fingerprint density at radius 1 is 1.25 bits per heavy atom. The molecule has 2 saturated carbocycles. The Morgan fingerprint density at radius 3 is 2.77 bits per heavy atom. The van der Waals surface area contributed by atoms with Gasteiger partial charge in [0.1, 0.15) is 6.10 Å². The Morgan fingerprint density at radius 2 is 2.05 bits per heavy atom. The quantitative estimate of drug-likeness (QED) is 0.402. The molecule has 3 aliphatic carbocycles. The molecule has 7 rings (SSSR count). The van der Waals surface area contributed by atoms with Crippen molar-refractivity contribution in [1.29, 1.82) is 0 Å². The topological polar surface area (TPSA) is 116 Å². The van der Waals surface area contributed by atoms with Crippen LogP contribution in [0.15, 0.2) is 30.3 Å². The number of likely N-dealkylation sites (N-methyl/N-ethyl adjacent to an activating group) is 1. The van der Waals surface area contributed by atoms with E-state index in [1.807, 2.05) is 32.2 Å². The summed E-state index contributed by atoms with van der Waals surface area (Å²) >= 11 is 0. The van der Waals surface area contributed by atoms with Crippen LogP contribution in [0.4, 0.5) is 5.69 Å². The number of nitrogens with zero attached hydrogens (tertiary/aromatic N) is 3. The van der Waals surface area contributed by atoms with Crippen LogP contribution >= 0.6 is 0 Å². The Hall–Kier alpha value is -3.17. The third-order valence-corrected chi connectivity index (χ3v) is 10.6. The highest BCUT2D eigenvalue weighted by atomic mass is 16.6. The number of phenolic OH excluding ortho intramolecular Hbond substituents is 1. The summed E-state index contributed by atoms with van der Waals surface area (Å²) in [6.07, 6.45) is 4.73. The molecule has 1 saturated heterocycles. The van der Waals surface area contributed by atoms with Crippen molar-refractivity contribution in [3.05, 3.63) is 62.7 Å². The lowest BCUT2D eigenvalue weighted by molar-refractivity contribution is -0.386. The number of aryl methyl sites for hydroxylation is 2. The number of benzene rings is 2. The van der Waals surface area contributed by atoms with Crippen LogP contribution < -0.4 is 4.74 Å². The average Bonchev–Trinajstić information content (AvgIpc) is 3.66. The number of aromatic hydroxyl groups is 1. The van der Waals surface area contributed by atoms with Crippen molar-refractivity contribution in [3.63, 3.8) is 0 Å². The first-order valence-corrected chi connectivity index (χ1v) is 14.6. The summed E-state index contributed by atoms with van der Waals surface area (Å²) in [5, 5.41) is 35.8. The predicted molar refractivity (Wildman–Crippen MR) is 148 cm³/mol. The molecule has 0 radical (unpaired) electrons. The maximum absolute atomic E-state index is 13.5. The van der Waals surface area contributed by atoms with Gasteiger partial charge in [-0.05, 0) is 69.9 Å². The van der Waals surface area contributed by atoms with Crippen molar-refractivity contribution in [2.45, 2.75) is 87.5 Å². The van der Waals surface area contributed by atoms with E-state index in [2.05, 4.69) is 11.0 Å². The second-order valence-corrected chi connectivity index (χ2v) is 12.8. The highest BCUT2D eigenvalue weighted by molar-refractivity contribution is 5.77. The molecule has 2 aromatic rings. The van der Waals surface area contributed by atoms with Gasteiger partial charge in [-0.2, -0.15) is 0 Å². The fraction of sp³-hybridized carbons (Fsp3) is 0.581. The van der Waals surface area contributed by atoms with Crippen molar-refractivity contribution in [2.24, 2.45) is 5.92 Å². The fourth-order valence-corrected chi connectivity index (χ4v) is 8.56. The van der Waals surface area contributed by atoms with E-state index >= 15 is 0 Å². The van der Waals surface area contributed by atoms with Gasteiger partial charge in [0.05, 0.1) is 28.0 Å². The van der Waals surface area contributed by atoms with Gasteiger partial charge in [-0.15, -0.1) is 0 Å². The predicted octanol–water partition coefficient (Wildman–Crippen LogP) is 3.63. The van der Waals surface area contributed by atoms with Gasteiger partial charge in [-0.3, -0.25) is 19.8 Å². The first-order valence-electron chi connectivity index (χ1n) is 14.6. The highest BCUT2D eigenvalue weighted by Crippen LogP contribution is 2.67. The number of likely N-dealkylation sites (tertiary alicyclic amines) is 1. The molecular weight excluding hydrogens is 510 g/mol. The lowest BCUT2D eigenvalue weighted by Crippen LogP contribution is -2.78. The van der Waals surface area contributed by atoms with E-state index in [1.54, 1.807) is 4.90 Å². The van der Waals surface area contributed by atoms with Gasteiger partial charge in [0.15, 0.2) is 11.5 Å². The van der Waals surface area contributed by atoms with Gasteiger partial charge in [-0.25, -0.2) is 0 Å². The molecule has 40 heavy (non-hydrogen) atoms. The number of rotatable bonds is 7. The molecule has 2 bridgehead atoms. The second-order valence-electron chi connectivity index (χ2n) is 12.8. The van der Waals surface area contributed by atoms with Crippen LogP contribution in [0.1, 0.15) is 60.8 Å². The Labute approximate surface area is 233 Å². The number of ether oxygens (including phenoxy) is 1. The van der Waals surface area contributed by atoms with Crippen molar-refractivity contribution in [1.82, 2.24) is 9.80 Å². The van der Waals surface area contributed by atoms with Crippen LogP contribution in [0.25, 0.3) is 0 Å². The van der Waals surface area contributed by atoms with Gasteiger partial charge in [0.25, 0.3) is 5.69 Å². The fourth-order valence-electron chi connectivity index (χ4n) is 8.56. The minimum Gasteiger partial charge on any atom is -0.504 e. The number of amides is 1. The molecule has 2 N–H and O–H groups in total. The number of carbonyl (C=O) groups is 1. The van der Waals surface area contributed by atoms with E-state index in [-0.39, 0.29) is 35.2 Å². The zero-order valence-corrected chi connectivity index (χ0v) is 23.1. The summed E-state index contributed by atoms with van der Waals surface area (Å²) in [7, 11) is 1.81. The molecule has 9 heteroatoms. The van der Waals surface area contributed by atoms with Gasteiger partial charge < -0.3 is 19.8 Å². The standard InChI is InChI=1S/C31H37N3O6/c1-18-4-3-5-19(14-18)8-9-26(36)32(2)22-10-11-31(37)25-15-21-23(34(38)39)16-24(35)28-27(21)30(31,29(22)40-28)12-13-33(25)17-20-6-7-20/h3-5,14,16,20,22,25,29,35,37H,6-13,15,17H2,1-2H3/t22?,25-,29?,30+,31-/m1/s1. The molecule has 2 unspecified atom stereocenters. The summed E-state index contributed by atoms with van der Waals surface area (Å²) < 4.78 is 6.56. The van der Waals surface area contributed by atoms with E-state index in [1.165, 1.54) is 18.9 Å². The number of nitro benzene ring substituents is 1. The van der Waals surface area contributed by atoms with Crippen molar-refractivity contribution >= 4 is 11.6 Å². The number of hydrogen-bond acceptors (Lipinski definition) is 7. The van der Waals surface area contributed by atoms with Crippen LogP contribution in [0, 0.1) is 23.0 Å². The molecule has 5 aliphatic rings. The smallest absolute Gasteiger partial charge is 0.276 e. The molecule has 0 aromatic heterocycles. The molecule has 5 atom stereocenters. The summed E-state index contributed by atoms with van der Waals surface area (Å²) in [5.74, 6) is 0.614. The number of piperidine rings is 1. The van der Waals surface area contributed by atoms with Crippen molar-refractivity contribution < 1.29 is 24.7 Å². The maximum atomic E-state index is 13.5.